The number of amides is 1. The third-order valence-electron chi connectivity index (χ3n) is 5.12. The van der Waals surface area contributed by atoms with Gasteiger partial charge in [-0.1, -0.05) is 24.3 Å². The molecule has 0 unspecified atom stereocenters. The molecule has 0 atom stereocenters. The number of nitrogens with one attached hydrogen (secondary N) is 1. The number of hydrogen-bond donors (Lipinski definition) is 1. The first-order valence-electron chi connectivity index (χ1n) is 8.61. The average Bonchev–Trinajstić information content (AvgIpc) is 2.63. The summed E-state index contributed by atoms with van der Waals surface area (Å²) in [6.45, 7) is 3.95. The van der Waals surface area contributed by atoms with Crippen LogP contribution in [0.15, 0.2) is 47.4 Å². The molecule has 1 aromatic carbocycles. The van der Waals surface area contributed by atoms with Crippen molar-refractivity contribution in [3.63, 3.8) is 0 Å². The van der Waals surface area contributed by atoms with Crippen molar-refractivity contribution in [3.05, 3.63) is 69.6 Å². The van der Waals surface area contributed by atoms with E-state index in [0.717, 1.165) is 12.8 Å². The number of ether oxygens (including phenoxy) is 1. The van der Waals surface area contributed by atoms with Crippen molar-refractivity contribution < 1.29 is 9.53 Å². The van der Waals surface area contributed by atoms with Crippen LogP contribution in [0, 0.1) is 6.92 Å². The molecule has 1 fully saturated rings. The summed E-state index contributed by atoms with van der Waals surface area (Å²) < 4.78 is 6.96. The second-order valence-corrected chi connectivity index (χ2v) is 6.73. The highest BCUT2D eigenvalue weighted by Crippen LogP contribution is 2.36. The fraction of sp³-hybridized carbons (Fsp3) is 0.400. The Morgan fingerprint density at radius 2 is 1.92 bits per heavy atom. The van der Waals surface area contributed by atoms with Crippen molar-refractivity contribution >= 4 is 5.91 Å². The lowest BCUT2D eigenvalue weighted by atomic mass is 9.72. The molecule has 3 rings (SSSR count). The minimum absolute atomic E-state index is 0.154. The lowest BCUT2D eigenvalue weighted by molar-refractivity contribution is 0.0485. The van der Waals surface area contributed by atoms with Gasteiger partial charge >= 0.3 is 0 Å². The van der Waals surface area contributed by atoms with Gasteiger partial charge in [0.15, 0.2) is 0 Å². The smallest absolute Gasteiger partial charge is 0.263 e. The van der Waals surface area contributed by atoms with E-state index >= 15 is 0 Å². The fourth-order valence-electron chi connectivity index (χ4n) is 3.59. The molecule has 0 saturated carbocycles. The molecule has 1 aliphatic rings. The fourth-order valence-corrected chi connectivity index (χ4v) is 3.59. The third-order valence-corrected chi connectivity index (χ3v) is 5.12. The summed E-state index contributed by atoms with van der Waals surface area (Å²) in [4.78, 5) is 24.7. The van der Waals surface area contributed by atoms with Crippen molar-refractivity contribution in [2.45, 2.75) is 25.2 Å². The number of nitrogens with zero attached hydrogens (tertiary/aromatic N) is 1. The van der Waals surface area contributed by atoms with Gasteiger partial charge < -0.3 is 14.6 Å². The highest BCUT2D eigenvalue weighted by atomic mass is 16.5. The van der Waals surface area contributed by atoms with Crippen molar-refractivity contribution in [2.75, 3.05) is 19.8 Å². The molecule has 0 spiro atoms. The highest BCUT2D eigenvalue weighted by Gasteiger charge is 2.36. The van der Waals surface area contributed by atoms with Crippen LogP contribution in [0.3, 0.4) is 0 Å². The van der Waals surface area contributed by atoms with Crippen LogP contribution in [0.2, 0.25) is 0 Å². The maximum atomic E-state index is 12.6. The molecular weight excluding hydrogens is 316 g/mol. The molecular formula is C20H24N2O3. The van der Waals surface area contributed by atoms with Gasteiger partial charge in [0.05, 0.1) is 0 Å². The number of aryl methyl sites for hydroxylation is 2. The van der Waals surface area contributed by atoms with Crippen LogP contribution in [0.25, 0.3) is 0 Å². The maximum absolute atomic E-state index is 12.6. The summed E-state index contributed by atoms with van der Waals surface area (Å²) >= 11 is 0. The van der Waals surface area contributed by atoms with E-state index in [0.29, 0.717) is 19.8 Å². The summed E-state index contributed by atoms with van der Waals surface area (Å²) in [6, 6.07) is 11.6. The Bertz CT molecular complexity index is 820. The normalized spacial score (nSPS) is 16.4. The summed E-state index contributed by atoms with van der Waals surface area (Å²) in [5.41, 5.74) is 2.21. The van der Waals surface area contributed by atoms with Gasteiger partial charge in [-0.2, -0.15) is 0 Å². The minimum Gasteiger partial charge on any atom is -0.381 e. The number of rotatable bonds is 4. The van der Waals surface area contributed by atoms with Gasteiger partial charge in [0, 0.05) is 38.4 Å². The number of carbonyl (C=O) groups excluding carboxylic acids is 1. The quantitative estimate of drug-likeness (QED) is 0.928. The van der Waals surface area contributed by atoms with Crippen molar-refractivity contribution in [2.24, 2.45) is 7.05 Å². The Morgan fingerprint density at radius 3 is 2.64 bits per heavy atom. The van der Waals surface area contributed by atoms with Crippen molar-refractivity contribution in [1.82, 2.24) is 9.88 Å². The van der Waals surface area contributed by atoms with Crippen LogP contribution < -0.4 is 10.9 Å². The van der Waals surface area contributed by atoms with Crippen LogP contribution in [-0.2, 0) is 17.2 Å². The summed E-state index contributed by atoms with van der Waals surface area (Å²) in [5, 5.41) is 3.00. The van der Waals surface area contributed by atoms with E-state index in [9.17, 15) is 9.59 Å². The summed E-state index contributed by atoms with van der Waals surface area (Å²) in [7, 11) is 1.65. The van der Waals surface area contributed by atoms with Crippen LogP contribution in [0.5, 0.6) is 0 Å². The molecule has 132 valence electrons. The summed E-state index contributed by atoms with van der Waals surface area (Å²) in [6.07, 6.45) is 3.35. The van der Waals surface area contributed by atoms with Crippen LogP contribution in [-0.4, -0.2) is 30.2 Å². The zero-order valence-corrected chi connectivity index (χ0v) is 14.7. The monoisotopic (exact) mass is 340 g/mol. The first-order chi connectivity index (χ1) is 12.0. The number of pyridine rings is 1. The molecule has 5 nitrogen and oxygen atoms in total. The Hall–Kier alpha value is -2.40. The molecule has 0 bridgehead atoms. The molecule has 25 heavy (non-hydrogen) atoms. The largest absolute Gasteiger partial charge is 0.381 e. The Balaban J connectivity index is 1.85. The van der Waals surface area contributed by atoms with Gasteiger partial charge in [-0.25, -0.2) is 0 Å². The van der Waals surface area contributed by atoms with E-state index in [1.807, 2.05) is 12.1 Å². The van der Waals surface area contributed by atoms with Crippen LogP contribution in [0.4, 0.5) is 0 Å². The van der Waals surface area contributed by atoms with E-state index < -0.39 is 0 Å². The van der Waals surface area contributed by atoms with Gasteiger partial charge in [0.25, 0.3) is 11.5 Å². The molecule has 2 aromatic rings. The predicted molar refractivity (Wildman–Crippen MR) is 96.9 cm³/mol. The molecule has 0 aliphatic carbocycles. The van der Waals surface area contributed by atoms with Gasteiger partial charge in [-0.3, -0.25) is 9.59 Å². The van der Waals surface area contributed by atoms with E-state index in [4.69, 9.17) is 4.74 Å². The van der Waals surface area contributed by atoms with E-state index in [1.54, 1.807) is 25.4 Å². The van der Waals surface area contributed by atoms with Crippen LogP contribution >= 0.6 is 0 Å². The van der Waals surface area contributed by atoms with Gasteiger partial charge in [-0.05, 0) is 43.0 Å². The Morgan fingerprint density at radius 1 is 1.20 bits per heavy atom. The topological polar surface area (TPSA) is 60.3 Å². The average molecular weight is 340 g/mol. The van der Waals surface area contributed by atoms with Gasteiger partial charge in [0.2, 0.25) is 0 Å². The Kier molecular flexibility index (Phi) is 5.04. The predicted octanol–water partition coefficient (Wildman–Crippen LogP) is 2.17. The van der Waals surface area contributed by atoms with Gasteiger partial charge in [0.1, 0.15) is 5.56 Å². The van der Waals surface area contributed by atoms with Crippen molar-refractivity contribution in [1.29, 1.82) is 0 Å². The molecule has 1 aromatic heterocycles. The first kappa shape index (κ1) is 17.4. The first-order valence-corrected chi connectivity index (χ1v) is 8.61. The molecule has 1 saturated heterocycles. The van der Waals surface area contributed by atoms with Crippen molar-refractivity contribution in [3.8, 4) is 0 Å². The third kappa shape index (κ3) is 3.51. The molecule has 0 radical (unpaired) electrons. The summed E-state index contributed by atoms with van der Waals surface area (Å²) in [5.74, 6) is -0.319. The number of benzene rings is 1. The Labute approximate surface area is 147 Å². The SMILES string of the molecule is Cc1ccccc1C1(CNC(=O)c2cccn(C)c2=O)CCOCC1. The second kappa shape index (κ2) is 7.23. The molecule has 1 aliphatic heterocycles. The molecule has 2 heterocycles. The molecule has 1 amide bonds. The highest BCUT2D eigenvalue weighted by molar-refractivity contribution is 5.93. The van der Waals surface area contributed by atoms with E-state index in [2.05, 4.69) is 24.4 Å². The lowest BCUT2D eigenvalue weighted by Gasteiger charge is -2.39. The zero-order valence-electron chi connectivity index (χ0n) is 14.7. The van der Waals surface area contributed by atoms with E-state index in [-0.39, 0.29) is 22.4 Å². The van der Waals surface area contributed by atoms with E-state index in [1.165, 1.54) is 15.7 Å². The lowest BCUT2D eigenvalue weighted by Crippen LogP contribution is -2.46. The standard InChI is InChI=1S/C20H24N2O3/c1-15-6-3-4-8-17(15)20(9-12-25-13-10-20)14-21-18(23)16-7-5-11-22(2)19(16)24/h3-8,11H,9-10,12-14H2,1-2H3,(H,21,23). The zero-order chi connectivity index (χ0) is 17.9. The number of carbonyl (C=O) groups is 1. The molecule has 5 heteroatoms. The molecule has 1 N–H and O–H groups in total. The number of hydrogen-bond acceptors (Lipinski definition) is 3. The maximum Gasteiger partial charge on any atom is 0.263 e. The van der Waals surface area contributed by atoms with Crippen LogP contribution in [0.1, 0.15) is 34.3 Å². The minimum atomic E-state index is -0.319. The van der Waals surface area contributed by atoms with Gasteiger partial charge in [-0.15, -0.1) is 0 Å². The number of aromatic nitrogens is 1. The second-order valence-electron chi connectivity index (χ2n) is 6.73.